The molecule has 0 radical (unpaired) electrons. The van der Waals surface area contributed by atoms with Crippen LogP contribution < -0.4 is 20.1 Å². The molecule has 146 valence electrons. The molecule has 27 heavy (non-hydrogen) atoms. The smallest absolute Gasteiger partial charge is 0.387 e. The zero-order valence-electron chi connectivity index (χ0n) is 15.4. The van der Waals surface area contributed by atoms with Gasteiger partial charge in [0, 0.05) is 43.0 Å². The lowest BCUT2D eigenvalue weighted by Crippen LogP contribution is -2.38. The molecule has 1 aromatic carbocycles. The van der Waals surface area contributed by atoms with Crippen LogP contribution in [0.5, 0.6) is 11.5 Å². The molecule has 6 nitrogen and oxygen atoms in total. The molecule has 0 saturated heterocycles. The van der Waals surface area contributed by atoms with Crippen molar-refractivity contribution in [3.05, 3.63) is 53.9 Å². The fourth-order valence-corrected chi connectivity index (χ4v) is 2.36. The number of halogens is 2. The first-order valence-corrected chi connectivity index (χ1v) is 8.66. The molecule has 1 heterocycles. The van der Waals surface area contributed by atoms with Gasteiger partial charge in [0.25, 0.3) is 0 Å². The van der Waals surface area contributed by atoms with E-state index in [4.69, 9.17) is 4.74 Å². The summed E-state index contributed by atoms with van der Waals surface area (Å²) in [7, 11) is 1.47. The van der Waals surface area contributed by atoms with Gasteiger partial charge in [-0.1, -0.05) is 6.07 Å². The highest BCUT2D eigenvalue weighted by atomic mass is 19.3. The number of benzene rings is 1. The fourth-order valence-electron chi connectivity index (χ4n) is 2.36. The molecular formula is C19H24F2N4O2. The molecular weight excluding hydrogens is 354 g/mol. The summed E-state index contributed by atoms with van der Waals surface area (Å²) >= 11 is 0. The number of hydrogen-bond donors (Lipinski definition) is 2. The predicted octanol–water partition coefficient (Wildman–Crippen LogP) is 2.99. The summed E-state index contributed by atoms with van der Waals surface area (Å²) in [5, 5.41) is 6.33. The van der Waals surface area contributed by atoms with E-state index in [2.05, 4.69) is 25.3 Å². The van der Waals surface area contributed by atoms with Crippen molar-refractivity contribution in [3.63, 3.8) is 0 Å². The standard InChI is InChI=1S/C19H24F2N4O2/c1-3-22-19(24-11-9-15-6-4-5-10-23-15)25-13-14-7-8-16(26-2)12-17(14)27-18(20)21/h4-8,10,12,18H,3,9,11,13H2,1-2H3,(H2,22,24,25). The molecule has 0 unspecified atom stereocenters. The van der Waals surface area contributed by atoms with Crippen molar-refractivity contribution in [1.82, 2.24) is 15.6 Å². The van der Waals surface area contributed by atoms with Crippen molar-refractivity contribution in [3.8, 4) is 11.5 Å². The maximum Gasteiger partial charge on any atom is 0.387 e. The average Bonchev–Trinajstić information content (AvgIpc) is 2.67. The van der Waals surface area contributed by atoms with Gasteiger partial charge in [-0.05, 0) is 31.2 Å². The lowest BCUT2D eigenvalue weighted by Gasteiger charge is -2.13. The third-order valence-electron chi connectivity index (χ3n) is 3.64. The van der Waals surface area contributed by atoms with Gasteiger partial charge in [0.2, 0.25) is 0 Å². The van der Waals surface area contributed by atoms with E-state index in [-0.39, 0.29) is 12.3 Å². The number of nitrogens with one attached hydrogen (secondary N) is 2. The third kappa shape index (κ3) is 7.08. The van der Waals surface area contributed by atoms with E-state index in [9.17, 15) is 8.78 Å². The van der Waals surface area contributed by atoms with Crippen molar-refractivity contribution >= 4 is 5.96 Å². The van der Waals surface area contributed by atoms with Crippen molar-refractivity contribution < 1.29 is 18.3 Å². The van der Waals surface area contributed by atoms with Gasteiger partial charge in [0.1, 0.15) is 11.5 Å². The molecule has 0 amide bonds. The van der Waals surface area contributed by atoms with Crippen LogP contribution in [0.3, 0.4) is 0 Å². The van der Waals surface area contributed by atoms with Crippen LogP contribution in [0.2, 0.25) is 0 Å². The van der Waals surface area contributed by atoms with E-state index in [1.807, 2.05) is 25.1 Å². The van der Waals surface area contributed by atoms with Crippen LogP contribution >= 0.6 is 0 Å². The summed E-state index contributed by atoms with van der Waals surface area (Å²) in [6.07, 6.45) is 2.50. The van der Waals surface area contributed by atoms with Crippen LogP contribution in [0.25, 0.3) is 0 Å². The van der Waals surface area contributed by atoms with Crippen molar-refractivity contribution in [1.29, 1.82) is 0 Å². The molecule has 0 spiro atoms. The Labute approximate surface area is 157 Å². The van der Waals surface area contributed by atoms with Crippen molar-refractivity contribution in [2.75, 3.05) is 20.2 Å². The Morgan fingerprint density at radius 3 is 2.74 bits per heavy atom. The number of pyridine rings is 1. The van der Waals surface area contributed by atoms with Crippen LogP contribution in [0.15, 0.2) is 47.6 Å². The molecule has 0 fully saturated rings. The van der Waals surface area contributed by atoms with Gasteiger partial charge in [-0.25, -0.2) is 4.99 Å². The second-order valence-electron chi connectivity index (χ2n) is 5.55. The molecule has 0 aliphatic rings. The summed E-state index contributed by atoms with van der Waals surface area (Å²) in [4.78, 5) is 8.72. The molecule has 0 saturated carbocycles. The molecule has 1 aromatic heterocycles. The van der Waals surface area contributed by atoms with Crippen LogP contribution in [0.1, 0.15) is 18.2 Å². The van der Waals surface area contributed by atoms with E-state index in [1.165, 1.54) is 13.2 Å². The van der Waals surface area contributed by atoms with E-state index in [0.717, 1.165) is 12.1 Å². The van der Waals surface area contributed by atoms with E-state index in [0.29, 0.717) is 30.4 Å². The zero-order chi connectivity index (χ0) is 19.5. The summed E-state index contributed by atoms with van der Waals surface area (Å²) in [6.45, 7) is 0.550. The maximum atomic E-state index is 12.7. The number of methoxy groups -OCH3 is 1. The number of ether oxygens (including phenoxy) is 2. The van der Waals surface area contributed by atoms with Gasteiger partial charge >= 0.3 is 6.61 Å². The van der Waals surface area contributed by atoms with Gasteiger partial charge < -0.3 is 20.1 Å². The Bertz CT molecular complexity index is 727. The van der Waals surface area contributed by atoms with Crippen molar-refractivity contribution in [2.24, 2.45) is 4.99 Å². The van der Waals surface area contributed by atoms with E-state index in [1.54, 1.807) is 18.3 Å². The van der Waals surface area contributed by atoms with Gasteiger partial charge in [0.15, 0.2) is 5.96 Å². The Balaban J connectivity index is 2.02. The number of guanidine groups is 1. The van der Waals surface area contributed by atoms with Gasteiger partial charge in [-0.2, -0.15) is 8.78 Å². The second-order valence-corrected chi connectivity index (χ2v) is 5.55. The number of nitrogens with zero attached hydrogens (tertiary/aromatic N) is 2. The minimum Gasteiger partial charge on any atom is -0.497 e. The summed E-state index contributed by atoms with van der Waals surface area (Å²) in [6, 6.07) is 10.5. The van der Waals surface area contributed by atoms with Crippen LogP contribution in [-0.4, -0.2) is 37.8 Å². The first kappa shape index (κ1) is 20.4. The lowest BCUT2D eigenvalue weighted by atomic mass is 10.2. The first-order chi connectivity index (χ1) is 13.1. The van der Waals surface area contributed by atoms with E-state index >= 15 is 0 Å². The molecule has 0 aliphatic heterocycles. The molecule has 2 aromatic rings. The fraction of sp³-hybridized carbons (Fsp3) is 0.368. The topological polar surface area (TPSA) is 67.8 Å². The largest absolute Gasteiger partial charge is 0.497 e. The predicted molar refractivity (Wildman–Crippen MR) is 100 cm³/mol. The molecule has 0 atom stereocenters. The van der Waals surface area contributed by atoms with Gasteiger partial charge in [0.05, 0.1) is 13.7 Å². The van der Waals surface area contributed by atoms with Gasteiger partial charge in [-0.15, -0.1) is 0 Å². The summed E-state index contributed by atoms with van der Waals surface area (Å²) < 4.78 is 35.0. The minimum atomic E-state index is -2.91. The quantitative estimate of drug-likeness (QED) is 0.519. The van der Waals surface area contributed by atoms with Crippen LogP contribution in [0.4, 0.5) is 8.78 Å². The third-order valence-corrected chi connectivity index (χ3v) is 3.64. The Morgan fingerprint density at radius 1 is 1.22 bits per heavy atom. The molecule has 0 aliphatic carbocycles. The van der Waals surface area contributed by atoms with Gasteiger partial charge in [-0.3, -0.25) is 4.98 Å². The Hall–Kier alpha value is -2.90. The summed E-state index contributed by atoms with van der Waals surface area (Å²) in [5.74, 6) is 1.09. The highest BCUT2D eigenvalue weighted by molar-refractivity contribution is 5.79. The molecule has 2 N–H and O–H groups in total. The van der Waals surface area contributed by atoms with Crippen molar-refractivity contribution in [2.45, 2.75) is 26.5 Å². The van der Waals surface area contributed by atoms with E-state index < -0.39 is 6.61 Å². The molecule has 8 heteroatoms. The number of aliphatic imine (C=N–C) groups is 1. The number of hydrogen-bond acceptors (Lipinski definition) is 4. The lowest BCUT2D eigenvalue weighted by molar-refractivity contribution is -0.0505. The second kappa shape index (κ2) is 10.9. The maximum absolute atomic E-state index is 12.7. The number of aromatic nitrogens is 1. The molecule has 2 rings (SSSR count). The highest BCUT2D eigenvalue weighted by Crippen LogP contribution is 2.27. The number of rotatable bonds is 9. The van der Waals surface area contributed by atoms with Crippen LogP contribution in [0, 0.1) is 0 Å². The summed E-state index contributed by atoms with van der Waals surface area (Å²) in [5.41, 5.74) is 1.52. The average molecular weight is 378 g/mol. The van der Waals surface area contributed by atoms with Crippen LogP contribution in [-0.2, 0) is 13.0 Å². The Kier molecular flexibility index (Phi) is 8.28. The number of alkyl halides is 2. The normalized spacial score (nSPS) is 11.4. The Morgan fingerprint density at radius 2 is 2.07 bits per heavy atom. The monoisotopic (exact) mass is 378 g/mol. The zero-order valence-corrected chi connectivity index (χ0v) is 15.4. The minimum absolute atomic E-state index is 0.0532. The molecule has 0 bridgehead atoms. The highest BCUT2D eigenvalue weighted by Gasteiger charge is 2.11. The SMILES string of the molecule is CCNC(=NCc1ccc(OC)cc1OC(F)F)NCCc1ccccn1. The first-order valence-electron chi connectivity index (χ1n) is 8.66.